The average molecular weight is 474 g/mol. The van der Waals surface area contributed by atoms with E-state index < -0.39 is 0 Å². The largest absolute Gasteiger partial charge is 0.492 e. The summed E-state index contributed by atoms with van der Waals surface area (Å²) in [6.07, 6.45) is 2.57. The Morgan fingerprint density at radius 3 is 2.88 bits per heavy atom. The van der Waals surface area contributed by atoms with Crippen LogP contribution in [0, 0.1) is 5.92 Å². The third-order valence-corrected chi connectivity index (χ3v) is 4.41. The molecule has 1 heterocycles. The summed E-state index contributed by atoms with van der Waals surface area (Å²) in [6, 6.07) is 8.28. The summed E-state index contributed by atoms with van der Waals surface area (Å²) in [5.74, 6) is 2.70. The standard InChI is InChI=1S/C20H34N4O.HI/c1-5-21-20(24-11-7-8-17(2)16-24)22-15-18-9-6-10-19(14-18)25-13-12-23(3)4;/h6,9-10,14,17H,5,7-8,11-13,15-16H2,1-4H3,(H,21,22);1H. The van der Waals surface area contributed by atoms with Crippen LogP contribution in [0.2, 0.25) is 0 Å². The molecule has 0 bridgehead atoms. The van der Waals surface area contributed by atoms with Crippen LogP contribution in [0.25, 0.3) is 0 Å². The van der Waals surface area contributed by atoms with Crippen molar-refractivity contribution in [3.8, 4) is 5.75 Å². The average Bonchev–Trinajstić information content (AvgIpc) is 2.58. The second-order valence-corrected chi connectivity index (χ2v) is 7.16. The summed E-state index contributed by atoms with van der Waals surface area (Å²) < 4.78 is 5.83. The summed E-state index contributed by atoms with van der Waals surface area (Å²) >= 11 is 0. The quantitative estimate of drug-likeness (QED) is 0.374. The normalized spacial score (nSPS) is 17.8. The van der Waals surface area contributed by atoms with Crippen LogP contribution in [0.1, 0.15) is 32.3 Å². The minimum Gasteiger partial charge on any atom is -0.492 e. The molecule has 1 saturated heterocycles. The molecule has 0 saturated carbocycles. The summed E-state index contributed by atoms with van der Waals surface area (Å²) in [5.41, 5.74) is 1.18. The number of halogens is 1. The van der Waals surface area contributed by atoms with Crippen molar-refractivity contribution in [2.24, 2.45) is 10.9 Å². The first-order chi connectivity index (χ1) is 12.1. The van der Waals surface area contributed by atoms with E-state index in [-0.39, 0.29) is 24.0 Å². The molecule has 1 fully saturated rings. The van der Waals surface area contributed by atoms with Crippen LogP contribution in [0.5, 0.6) is 5.75 Å². The van der Waals surface area contributed by atoms with E-state index in [1.54, 1.807) is 0 Å². The van der Waals surface area contributed by atoms with Crippen molar-refractivity contribution in [1.82, 2.24) is 15.1 Å². The van der Waals surface area contributed by atoms with Crippen molar-refractivity contribution in [3.05, 3.63) is 29.8 Å². The molecule has 1 aromatic rings. The second-order valence-electron chi connectivity index (χ2n) is 7.16. The predicted molar refractivity (Wildman–Crippen MR) is 121 cm³/mol. The highest BCUT2D eigenvalue weighted by Crippen LogP contribution is 2.17. The van der Waals surface area contributed by atoms with Crippen molar-refractivity contribution in [2.75, 3.05) is 46.9 Å². The molecule has 1 aromatic carbocycles. The van der Waals surface area contributed by atoms with Crippen molar-refractivity contribution in [1.29, 1.82) is 0 Å². The van der Waals surface area contributed by atoms with Gasteiger partial charge in [-0.15, -0.1) is 24.0 Å². The highest BCUT2D eigenvalue weighted by atomic mass is 127. The van der Waals surface area contributed by atoms with Crippen LogP contribution in [0.4, 0.5) is 0 Å². The smallest absolute Gasteiger partial charge is 0.194 e. The molecular weight excluding hydrogens is 439 g/mol. The predicted octanol–water partition coefficient (Wildman–Crippen LogP) is 3.44. The molecule has 0 aliphatic carbocycles. The monoisotopic (exact) mass is 474 g/mol. The van der Waals surface area contributed by atoms with Gasteiger partial charge in [0, 0.05) is 26.2 Å². The van der Waals surface area contributed by atoms with E-state index in [2.05, 4.69) is 55.2 Å². The number of nitrogens with one attached hydrogen (secondary N) is 1. The number of rotatable bonds is 7. The SMILES string of the molecule is CCNC(=NCc1cccc(OCCN(C)C)c1)N1CCCC(C)C1.I. The van der Waals surface area contributed by atoms with Crippen molar-refractivity contribution in [3.63, 3.8) is 0 Å². The van der Waals surface area contributed by atoms with Crippen LogP contribution in [0.3, 0.4) is 0 Å². The molecule has 2 rings (SSSR count). The number of ether oxygens (including phenoxy) is 1. The highest BCUT2D eigenvalue weighted by Gasteiger charge is 2.18. The molecule has 0 spiro atoms. The zero-order valence-electron chi connectivity index (χ0n) is 16.7. The number of nitrogens with zero attached hydrogens (tertiary/aromatic N) is 3. The van der Waals surface area contributed by atoms with Gasteiger partial charge in [-0.2, -0.15) is 0 Å². The van der Waals surface area contributed by atoms with E-state index in [1.165, 1.54) is 18.4 Å². The van der Waals surface area contributed by atoms with Gasteiger partial charge in [0.2, 0.25) is 0 Å². The number of hydrogen-bond acceptors (Lipinski definition) is 3. The molecule has 148 valence electrons. The first-order valence-electron chi connectivity index (χ1n) is 9.48. The number of benzene rings is 1. The molecule has 1 unspecified atom stereocenters. The van der Waals surface area contributed by atoms with Gasteiger partial charge in [-0.3, -0.25) is 0 Å². The van der Waals surface area contributed by atoms with Crippen molar-refractivity contribution in [2.45, 2.75) is 33.2 Å². The molecule has 1 atom stereocenters. The lowest BCUT2D eigenvalue weighted by molar-refractivity contribution is 0.261. The number of likely N-dealkylation sites (tertiary alicyclic amines) is 1. The number of likely N-dealkylation sites (N-methyl/N-ethyl adjacent to an activating group) is 1. The van der Waals surface area contributed by atoms with Crippen molar-refractivity contribution < 1.29 is 4.74 Å². The Morgan fingerprint density at radius 2 is 2.19 bits per heavy atom. The minimum atomic E-state index is 0. The highest BCUT2D eigenvalue weighted by molar-refractivity contribution is 14.0. The van der Waals surface area contributed by atoms with Crippen LogP contribution in [-0.2, 0) is 6.54 Å². The molecule has 1 aliphatic rings. The number of aliphatic imine (C=N–C) groups is 1. The van der Waals surface area contributed by atoms with Gasteiger partial charge in [0.15, 0.2) is 5.96 Å². The van der Waals surface area contributed by atoms with Gasteiger partial charge in [-0.05, 0) is 57.5 Å². The van der Waals surface area contributed by atoms with Crippen LogP contribution in [0.15, 0.2) is 29.3 Å². The zero-order valence-corrected chi connectivity index (χ0v) is 19.0. The second kappa shape index (κ2) is 12.4. The minimum absolute atomic E-state index is 0. The Morgan fingerprint density at radius 1 is 1.38 bits per heavy atom. The fraction of sp³-hybridized carbons (Fsp3) is 0.650. The lowest BCUT2D eigenvalue weighted by atomic mass is 10.0. The fourth-order valence-electron chi connectivity index (χ4n) is 3.05. The first kappa shape index (κ1) is 23.0. The number of piperidine rings is 1. The van der Waals surface area contributed by atoms with Crippen LogP contribution < -0.4 is 10.1 Å². The number of guanidine groups is 1. The van der Waals surface area contributed by atoms with Crippen molar-refractivity contribution >= 4 is 29.9 Å². The van der Waals surface area contributed by atoms with E-state index in [9.17, 15) is 0 Å². The van der Waals surface area contributed by atoms with Gasteiger partial charge in [-0.25, -0.2) is 4.99 Å². The maximum Gasteiger partial charge on any atom is 0.194 e. The third-order valence-electron chi connectivity index (χ3n) is 4.41. The van der Waals surface area contributed by atoms with Gasteiger partial charge in [-0.1, -0.05) is 19.1 Å². The van der Waals surface area contributed by atoms with E-state index >= 15 is 0 Å². The van der Waals surface area contributed by atoms with Gasteiger partial charge in [0.05, 0.1) is 6.54 Å². The van der Waals surface area contributed by atoms with E-state index in [4.69, 9.17) is 9.73 Å². The molecule has 0 amide bonds. The summed E-state index contributed by atoms with van der Waals surface area (Å²) in [6.45, 7) is 9.85. The summed E-state index contributed by atoms with van der Waals surface area (Å²) in [7, 11) is 4.11. The van der Waals surface area contributed by atoms with Gasteiger partial charge in [0.1, 0.15) is 12.4 Å². The molecular formula is C20H35IN4O. The third kappa shape index (κ3) is 8.12. The van der Waals surface area contributed by atoms with E-state index in [0.29, 0.717) is 13.2 Å². The molecule has 0 aromatic heterocycles. The van der Waals surface area contributed by atoms with Crippen LogP contribution in [-0.4, -0.2) is 62.6 Å². The lowest BCUT2D eigenvalue weighted by Crippen LogP contribution is -2.46. The Kier molecular flexibility index (Phi) is 11.0. The Balaban J connectivity index is 0.00000338. The molecule has 5 nitrogen and oxygen atoms in total. The van der Waals surface area contributed by atoms with E-state index in [1.807, 2.05) is 12.1 Å². The molecule has 1 N–H and O–H groups in total. The fourth-order valence-corrected chi connectivity index (χ4v) is 3.05. The Labute approximate surface area is 176 Å². The number of hydrogen-bond donors (Lipinski definition) is 1. The maximum absolute atomic E-state index is 5.83. The molecule has 0 radical (unpaired) electrons. The van der Waals surface area contributed by atoms with Gasteiger partial charge in [0.25, 0.3) is 0 Å². The van der Waals surface area contributed by atoms with Crippen LogP contribution >= 0.6 is 24.0 Å². The first-order valence-corrected chi connectivity index (χ1v) is 9.48. The lowest BCUT2D eigenvalue weighted by Gasteiger charge is -2.33. The maximum atomic E-state index is 5.83. The molecule has 26 heavy (non-hydrogen) atoms. The Bertz CT molecular complexity index is 550. The van der Waals surface area contributed by atoms with Gasteiger partial charge < -0.3 is 19.9 Å². The Hall–Kier alpha value is -1.02. The summed E-state index contributed by atoms with van der Waals surface area (Å²) in [5, 5.41) is 3.44. The zero-order chi connectivity index (χ0) is 18.1. The van der Waals surface area contributed by atoms with Gasteiger partial charge >= 0.3 is 0 Å². The summed E-state index contributed by atoms with van der Waals surface area (Å²) in [4.78, 5) is 9.38. The molecule has 6 heteroatoms. The van der Waals surface area contributed by atoms with E-state index in [0.717, 1.165) is 43.8 Å². The topological polar surface area (TPSA) is 40.1 Å². The molecule has 1 aliphatic heterocycles.